The van der Waals surface area contributed by atoms with Crippen LogP contribution in [0.25, 0.3) is 0 Å². The van der Waals surface area contributed by atoms with Gasteiger partial charge in [-0.2, -0.15) is 150 Å². The fourth-order valence-electron chi connectivity index (χ4n) is 4.61. The predicted molar refractivity (Wildman–Crippen MR) is 141 cm³/mol. The average molecular weight is 1040 g/mol. The summed E-state index contributed by atoms with van der Waals surface area (Å²) >= 11 is 0. The minimum atomic E-state index is -10.3. The molecular weight excluding hydrogens is 1020 g/mol. The number of hydrogen-bond donors (Lipinski definition) is 1. The van der Waals surface area contributed by atoms with Crippen LogP contribution in [0, 0.1) is 6.92 Å². The number of amides is 1. The molecule has 1 unspecified atom stereocenters. The van der Waals surface area contributed by atoms with Crippen molar-refractivity contribution < 1.29 is 154 Å². The van der Waals surface area contributed by atoms with E-state index in [1.54, 1.807) is 0 Å². The topological polar surface area (TPSA) is 58.5 Å². The van der Waals surface area contributed by atoms with Crippen molar-refractivity contribution in [2.75, 3.05) is 0 Å². The molecule has 0 heterocycles. The van der Waals surface area contributed by atoms with Gasteiger partial charge in [0.25, 0.3) is 5.91 Å². The Labute approximate surface area is 334 Å². The van der Waals surface area contributed by atoms with Gasteiger partial charge in [-0.25, -0.2) is 4.79 Å². The monoisotopic (exact) mass is 1040 g/mol. The van der Waals surface area contributed by atoms with Crippen LogP contribution in [0.4, 0.5) is 151 Å². The van der Waals surface area contributed by atoms with Crippen LogP contribution in [-0.2, 0) is 4.79 Å². The van der Waals surface area contributed by atoms with Crippen molar-refractivity contribution in [2.24, 2.45) is 4.99 Å². The molecule has 0 aromatic heterocycles. The zero-order valence-electron chi connectivity index (χ0n) is 29.8. The largest absolute Gasteiger partial charge is 0.460 e. The van der Waals surface area contributed by atoms with Gasteiger partial charge < -0.3 is 5.32 Å². The summed E-state index contributed by atoms with van der Waals surface area (Å²) in [7, 11) is 0. The first-order valence-electron chi connectivity index (χ1n) is 15.2. The van der Waals surface area contributed by atoms with Crippen LogP contribution >= 0.6 is 0 Å². The first kappa shape index (κ1) is 58.8. The van der Waals surface area contributed by atoms with Gasteiger partial charge in [-0.1, -0.05) is 6.07 Å². The predicted octanol–water partition coefficient (Wildman–Crippen LogP) is 12.6. The highest BCUT2D eigenvalue weighted by Gasteiger charge is 3.01. The number of halogens is 33. The third-order valence-electron chi connectivity index (χ3n) is 8.45. The van der Waals surface area contributed by atoms with Gasteiger partial charge in [0.05, 0.1) is 11.3 Å². The van der Waals surface area contributed by atoms with E-state index in [4.69, 9.17) is 0 Å². The maximum absolute atomic E-state index is 14.5. The van der Waals surface area contributed by atoms with Gasteiger partial charge in [0.1, 0.15) is 0 Å². The van der Waals surface area contributed by atoms with E-state index in [-0.39, 0.29) is 12.5 Å². The number of alkyl halides is 33. The second-order valence-corrected chi connectivity index (χ2v) is 13.0. The molecule has 0 aliphatic rings. The molecule has 1 aromatic rings. The Morgan fingerprint density at radius 1 is 0.477 bits per heavy atom. The van der Waals surface area contributed by atoms with Gasteiger partial charge in [0.15, 0.2) is 0 Å². The lowest BCUT2D eigenvalue weighted by molar-refractivity contribution is -0.491. The Morgan fingerprint density at radius 3 is 1.00 bits per heavy atom. The summed E-state index contributed by atoms with van der Waals surface area (Å²) in [6, 6.07) is -0.489. The molecule has 1 amide bonds. The molecule has 1 aromatic carbocycles. The number of nitrogens with zero attached hydrogens (tertiary/aromatic N) is 1. The van der Waals surface area contributed by atoms with Gasteiger partial charge in [-0.15, -0.1) is 0 Å². The van der Waals surface area contributed by atoms with Gasteiger partial charge in [0.2, 0.25) is 6.08 Å². The molecule has 0 fully saturated rings. The van der Waals surface area contributed by atoms with E-state index in [2.05, 4.69) is 4.99 Å². The molecule has 0 saturated carbocycles. The summed E-state index contributed by atoms with van der Waals surface area (Å²) in [5.41, 5.74) is -1.54. The molecule has 0 aliphatic heterocycles. The molecule has 378 valence electrons. The number of benzene rings is 1. The summed E-state index contributed by atoms with van der Waals surface area (Å²) in [6.45, 7) is 1.24. The van der Waals surface area contributed by atoms with Crippen molar-refractivity contribution in [1.82, 2.24) is 5.32 Å². The van der Waals surface area contributed by atoms with Crippen molar-refractivity contribution in [3.63, 3.8) is 0 Å². The number of aryl methyl sites for hydroxylation is 1. The van der Waals surface area contributed by atoms with E-state index < -0.39 is 125 Å². The number of carbonyl (C=O) groups excluding carboxylic acids is 2. The highest BCUT2D eigenvalue weighted by Crippen LogP contribution is 2.70. The molecule has 0 spiro atoms. The lowest BCUT2D eigenvalue weighted by atomic mass is 9.82. The third kappa shape index (κ3) is 7.81. The van der Waals surface area contributed by atoms with E-state index in [9.17, 15) is 154 Å². The van der Waals surface area contributed by atoms with Crippen molar-refractivity contribution in [1.29, 1.82) is 0 Å². The zero-order valence-corrected chi connectivity index (χ0v) is 29.8. The van der Waals surface area contributed by atoms with Crippen molar-refractivity contribution in [3.05, 3.63) is 29.3 Å². The Balaban J connectivity index is 3.89. The van der Waals surface area contributed by atoms with Crippen LogP contribution in [0.15, 0.2) is 23.2 Å². The second-order valence-electron chi connectivity index (χ2n) is 13.0. The molecule has 37 heteroatoms. The van der Waals surface area contributed by atoms with E-state index >= 15 is 0 Å². The Hall–Kier alpha value is -4.24. The van der Waals surface area contributed by atoms with Crippen LogP contribution in [0.5, 0.6) is 0 Å². The maximum atomic E-state index is 14.5. The number of rotatable bonds is 19. The summed E-state index contributed by atoms with van der Waals surface area (Å²) in [4.78, 5) is 25.8. The molecule has 4 nitrogen and oxygen atoms in total. The van der Waals surface area contributed by atoms with Crippen molar-refractivity contribution >= 4 is 17.7 Å². The lowest BCUT2D eigenvalue weighted by Gasteiger charge is -2.47. The Morgan fingerprint density at radius 2 is 0.738 bits per heavy atom. The zero-order chi connectivity index (χ0) is 52.8. The summed E-state index contributed by atoms with van der Waals surface area (Å²) in [5.74, 6) is -146. The van der Waals surface area contributed by atoms with Gasteiger partial charge >= 0.3 is 95.0 Å². The Kier molecular flexibility index (Phi) is 14.4. The fourth-order valence-corrected chi connectivity index (χ4v) is 4.61. The van der Waals surface area contributed by atoms with E-state index in [1.165, 1.54) is 12.2 Å². The molecule has 0 radical (unpaired) electrons. The molecule has 65 heavy (non-hydrogen) atoms. The van der Waals surface area contributed by atoms with Gasteiger partial charge in [-0.3, -0.25) is 4.79 Å². The standard InChI is InChI=1S/C28H13F33N2O2/c1-8-3-4-10(11(5-8)62-7-64)12(65)63-9(2)6-13(29,30)14(31,32)15(33,34)16(35,36)17(37,38)18(39,40)19(41,42)20(43,44)21(45,46)22(47,48)23(49,50)24(51,52)25(53,54)26(55,56)27(57,58)28(59,60)61/h3-5,9H,6H2,1-2H3,(H,63,65). The smallest absolute Gasteiger partial charge is 0.349 e. The molecule has 0 saturated heterocycles. The van der Waals surface area contributed by atoms with E-state index in [0.29, 0.717) is 6.07 Å². The van der Waals surface area contributed by atoms with Crippen LogP contribution in [0.2, 0.25) is 0 Å². The van der Waals surface area contributed by atoms with Crippen LogP contribution in [-0.4, -0.2) is 113 Å². The summed E-state index contributed by atoms with van der Waals surface area (Å²) in [5, 5.41) is 1.18. The third-order valence-corrected chi connectivity index (χ3v) is 8.45. The normalized spacial score (nSPS) is 16.3. The highest BCUT2D eigenvalue weighted by molar-refractivity contribution is 5.99. The number of isocyanates is 1. The highest BCUT2D eigenvalue weighted by atomic mass is 19.4. The minimum absolute atomic E-state index is 0.0141. The molecule has 0 bridgehead atoms. The number of aliphatic imine (C=N–C) groups is 1. The van der Waals surface area contributed by atoms with Gasteiger partial charge in [-0.05, 0) is 31.5 Å². The second kappa shape index (κ2) is 15.9. The van der Waals surface area contributed by atoms with Crippen LogP contribution < -0.4 is 5.32 Å². The lowest BCUT2D eigenvalue weighted by Crippen LogP contribution is -2.80. The maximum Gasteiger partial charge on any atom is 0.460 e. The van der Waals surface area contributed by atoms with E-state index in [1.807, 2.05) is 0 Å². The number of hydrogen-bond acceptors (Lipinski definition) is 3. The number of nitrogens with one attached hydrogen (secondary N) is 1. The molecule has 0 aliphatic carbocycles. The SMILES string of the molecule is Cc1ccc(C(=O)NC(C)CC(F)(F)C(F)(F)C(F)(F)C(F)(F)C(F)(F)C(F)(F)C(F)(F)C(F)(F)C(F)(F)C(F)(F)C(F)(F)C(F)(F)C(F)(F)C(F)(F)C(F)(F)C(F)(F)F)c(N=C=O)c1. The van der Waals surface area contributed by atoms with E-state index in [0.717, 1.165) is 18.2 Å². The van der Waals surface area contributed by atoms with Crippen LogP contribution in [0.1, 0.15) is 29.3 Å². The molecular formula is C28H13F33N2O2. The summed E-state index contributed by atoms with van der Waals surface area (Å²) < 4.78 is 456. The summed E-state index contributed by atoms with van der Waals surface area (Å²) in [6.07, 6.45) is -10.9. The fraction of sp³-hybridized carbons (Fsp3) is 0.714. The molecule has 1 atom stereocenters. The first-order chi connectivity index (χ1) is 28.0. The van der Waals surface area contributed by atoms with Crippen molar-refractivity contribution in [2.45, 2.75) is 121 Å². The average Bonchev–Trinajstić information content (AvgIpc) is 3.09. The minimum Gasteiger partial charge on any atom is -0.349 e. The molecule has 1 N–H and O–H groups in total. The van der Waals surface area contributed by atoms with Gasteiger partial charge in [0, 0.05) is 12.5 Å². The van der Waals surface area contributed by atoms with Crippen molar-refractivity contribution in [3.8, 4) is 0 Å². The Bertz CT molecular complexity index is 1980. The quantitative estimate of drug-likeness (QED) is 0.0853. The number of carbonyl (C=O) groups is 1. The van der Waals surface area contributed by atoms with Crippen LogP contribution in [0.3, 0.4) is 0 Å². The first-order valence-corrected chi connectivity index (χ1v) is 15.2. The molecule has 1 rings (SSSR count).